The highest BCUT2D eigenvalue weighted by atomic mass is 15.3. The van der Waals surface area contributed by atoms with Gasteiger partial charge in [0.05, 0.1) is 5.52 Å². The van der Waals surface area contributed by atoms with E-state index in [0.717, 1.165) is 12.1 Å². The smallest absolute Gasteiger partial charge is 0.0932 e. The van der Waals surface area contributed by atoms with Crippen LogP contribution in [-0.4, -0.2) is 9.78 Å². The molecular formula is C10H11N2. The second-order valence-electron chi connectivity index (χ2n) is 2.92. The van der Waals surface area contributed by atoms with Crippen LogP contribution in [0.15, 0.2) is 18.3 Å². The van der Waals surface area contributed by atoms with Gasteiger partial charge in [0.1, 0.15) is 0 Å². The topological polar surface area (TPSA) is 17.8 Å². The predicted molar refractivity (Wildman–Crippen MR) is 49.0 cm³/mol. The van der Waals surface area contributed by atoms with Crippen LogP contribution in [0.25, 0.3) is 10.9 Å². The second kappa shape index (κ2) is 2.63. The lowest BCUT2D eigenvalue weighted by Crippen LogP contribution is -1.92. The third-order valence-corrected chi connectivity index (χ3v) is 2.06. The zero-order valence-corrected chi connectivity index (χ0v) is 7.33. The molecule has 0 amide bonds. The summed E-state index contributed by atoms with van der Waals surface area (Å²) in [5.74, 6) is 0. The summed E-state index contributed by atoms with van der Waals surface area (Å²) < 4.78 is 1.95. The van der Waals surface area contributed by atoms with Crippen LogP contribution in [0, 0.1) is 13.0 Å². The maximum atomic E-state index is 4.38. The molecule has 61 valence electrons. The van der Waals surface area contributed by atoms with Crippen molar-refractivity contribution in [2.45, 2.75) is 20.4 Å². The molecule has 0 aliphatic heterocycles. The van der Waals surface area contributed by atoms with E-state index in [4.69, 9.17) is 0 Å². The van der Waals surface area contributed by atoms with Crippen molar-refractivity contribution in [1.82, 2.24) is 9.78 Å². The highest BCUT2D eigenvalue weighted by molar-refractivity contribution is 5.81. The quantitative estimate of drug-likeness (QED) is 0.623. The SMILES string of the molecule is CCn1cc2c(C)c[c]cc2n1. The van der Waals surface area contributed by atoms with Crippen LogP contribution in [0.5, 0.6) is 0 Å². The van der Waals surface area contributed by atoms with Gasteiger partial charge in [-0.3, -0.25) is 4.68 Å². The Bertz CT molecular complexity index is 401. The summed E-state index contributed by atoms with van der Waals surface area (Å²) in [6, 6.07) is 6.98. The van der Waals surface area contributed by atoms with E-state index in [0.29, 0.717) is 0 Å². The average molecular weight is 159 g/mol. The molecule has 2 rings (SSSR count). The number of aryl methyl sites for hydroxylation is 2. The van der Waals surface area contributed by atoms with Crippen molar-refractivity contribution in [2.24, 2.45) is 0 Å². The Balaban J connectivity index is 2.74. The van der Waals surface area contributed by atoms with Gasteiger partial charge in [-0.2, -0.15) is 5.10 Å². The number of hydrogen-bond donors (Lipinski definition) is 0. The van der Waals surface area contributed by atoms with E-state index in [-0.39, 0.29) is 0 Å². The Hall–Kier alpha value is -1.31. The fourth-order valence-corrected chi connectivity index (χ4v) is 1.33. The summed E-state index contributed by atoms with van der Waals surface area (Å²) in [4.78, 5) is 0. The molecule has 2 heteroatoms. The first-order chi connectivity index (χ1) is 5.81. The molecule has 1 aromatic carbocycles. The number of aromatic nitrogens is 2. The van der Waals surface area contributed by atoms with Crippen LogP contribution in [-0.2, 0) is 6.54 Å². The van der Waals surface area contributed by atoms with Crippen molar-refractivity contribution in [2.75, 3.05) is 0 Å². The molecule has 0 atom stereocenters. The summed E-state index contributed by atoms with van der Waals surface area (Å²) >= 11 is 0. The van der Waals surface area contributed by atoms with E-state index >= 15 is 0 Å². The number of fused-ring (bicyclic) bond motifs is 1. The normalized spacial score (nSPS) is 10.8. The fourth-order valence-electron chi connectivity index (χ4n) is 1.33. The summed E-state index contributed by atoms with van der Waals surface area (Å²) in [6.45, 7) is 5.10. The van der Waals surface area contributed by atoms with Crippen LogP contribution in [0.3, 0.4) is 0 Å². The lowest BCUT2D eigenvalue weighted by Gasteiger charge is -1.89. The van der Waals surface area contributed by atoms with Crippen molar-refractivity contribution in [3.8, 4) is 0 Å². The highest BCUT2D eigenvalue weighted by Gasteiger charge is 2.00. The molecule has 12 heavy (non-hydrogen) atoms. The highest BCUT2D eigenvalue weighted by Crippen LogP contribution is 2.15. The minimum atomic E-state index is 0.925. The van der Waals surface area contributed by atoms with E-state index in [9.17, 15) is 0 Å². The molecule has 0 bridgehead atoms. The Morgan fingerprint density at radius 1 is 1.50 bits per heavy atom. The first-order valence-electron chi connectivity index (χ1n) is 4.15. The van der Waals surface area contributed by atoms with Crippen LogP contribution in [0.4, 0.5) is 0 Å². The maximum Gasteiger partial charge on any atom is 0.0932 e. The summed E-state index contributed by atoms with van der Waals surface area (Å²) in [7, 11) is 0. The van der Waals surface area contributed by atoms with Gasteiger partial charge in [-0.1, -0.05) is 6.07 Å². The molecule has 0 aliphatic rings. The molecular weight excluding hydrogens is 148 g/mol. The van der Waals surface area contributed by atoms with Gasteiger partial charge in [-0.15, -0.1) is 0 Å². The number of nitrogens with zero attached hydrogens (tertiary/aromatic N) is 2. The molecule has 1 aromatic heterocycles. The average Bonchev–Trinajstić information content (AvgIpc) is 2.49. The lowest BCUT2D eigenvalue weighted by atomic mass is 10.1. The van der Waals surface area contributed by atoms with Gasteiger partial charge < -0.3 is 0 Å². The van der Waals surface area contributed by atoms with Gasteiger partial charge in [-0.05, 0) is 31.5 Å². The van der Waals surface area contributed by atoms with Crippen LogP contribution < -0.4 is 0 Å². The summed E-state index contributed by atoms with van der Waals surface area (Å²) in [6.07, 6.45) is 2.08. The minimum Gasteiger partial charge on any atom is -0.272 e. The van der Waals surface area contributed by atoms with E-state index in [1.807, 2.05) is 16.8 Å². The molecule has 1 heterocycles. The molecule has 0 saturated heterocycles. The molecule has 2 aromatic rings. The van der Waals surface area contributed by atoms with Crippen LogP contribution in [0.1, 0.15) is 12.5 Å². The summed E-state index contributed by atoms with van der Waals surface area (Å²) in [5.41, 5.74) is 2.28. The minimum absolute atomic E-state index is 0.925. The fraction of sp³-hybridized carbons (Fsp3) is 0.300. The second-order valence-corrected chi connectivity index (χ2v) is 2.92. The largest absolute Gasteiger partial charge is 0.272 e. The van der Waals surface area contributed by atoms with Gasteiger partial charge in [0.25, 0.3) is 0 Å². The van der Waals surface area contributed by atoms with Gasteiger partial charge in [0, 0.05) is 18.1 Å². The summed E-state index contributed by atoms with van der Waals surface area (Å²) in [5, 5.41) is 5.61. The monoisotopic (exact) mass is 159 g/mol. The van der Waals surface area contributed by atoms with Crippen molar-refractivity contribution in [3.05, 3.63) is 30.0 Å². The maximum absolute atomic E-state index is 4.38. The van der Waals surface area contributed by atoms with Crippen molar-refractivity contribution in [3.63, 3.8) is 0 Å². The van der Waals surface area contributed by atoms with Crippen LogP contribution >= 0.6 is 0 Å². The molecule has 2 nitrogen and oxygen atoms in total. The third-order valence-electron chi connectivity index (χ3n) is 2.06. The molecule has 0 aliphatic carbocycles. The molecule has 0 unspecified atom stereocenters. The lowest BCUT2D eigenvalue weighted by molar-refractivity contribution is 0.668. The van der Waals surface area contributed by atoms with E-state index in [1.165, 1.54) is 10.9 Å². The van der Waals surface area contributed by atoms with Crippen molar-refractivity contribution < 1.29 is 0 Å². The molecule has 0 N–H and O–H groups in total. The van der Waals surface area contributed by atoms with Crippen molar-refractivity contribution in [1.29, 1.82) is 0 Å². The molecule has 0 spiro atoms. The van der Waals surface area contributed by atoms with Gasteiger partial charge >= 0.3 is 0 Å². The Kier molecular flexibility index (Phi) is 1.61. The van der Waals surface area contributed by atoms with Gasteiger partial charge in [0.15, 0.2) is 0 Å². The number of hydrogen-bond acceptors (Lipinski definition) is 1. The zero-order valence-electron chi connectivity index (χ0n) is 7.33. The van der Waals surface area contributed by atoms with E-state index in [1.54, 1.807) is 0 Å². The standard InChI is InChI=1S/C10H11N2/c1-3-12-7-9-8(2)5-4-6-10(9)11-12/h5-7H,3H2,1-2H3. The molecule has 1 radical (unpaired) electrons. The zero-order chi connectivity index (χ0) is 8.55. The Morgan fingerprint density at radius 2 is 2.33 bits per heavy atom. The first-order valence-corrected chi connectivity index (χ1v) is 4.15. The Labute approximate surface area is 71.8 Å². The first kappa shape index (κ1) is 7.35. The Morgan fingerprint density at radius 3 is 3.00 bits per heavy atom. The molecule has 0 saturated carbocycles. The number of benzene rings is 1. The van der Waals surface area contributed by atoms with E-state index in [2.05, 4.69) is 31.2 Å². The van der Waals surface area contributed by atoms with E-state index < -0.39 is 0 Å². The van der Waals surface area contributed by atoms with Crippen molar-refractivity contribution >= 4 is 10.9 Å². The van der Waals surface area contributed by atoms with Crippen LogP contribution in [0.2, 0.25) is 0 Å². The van der Waals surface area contributed by atoms with Gasteiger partial charge in [0.2, 0.25) is 0 Å². The van der Waals surface area contributed by atoms with Gasteiger partial charge in [-0.25, -0.2) is 0 Å². The predicted octanol–water partition coefficient (Wildman–Crippen LogP) is 2.16. The molecule has 0 fully saturated rings. The third kappa shape index (κ3) is 0.998. The number of rotatable bonds is 1.